The van der Waals surface area contributed by atoms with Crippen molar-refractivity contribution < 1.29 is 0 Å². The second-order valence-electron chi connectivity index (χ2n) is 3.71. The molecule has 78 valence electrons. The van der Waals surface area contributed by atoms with Crippen LogP contribution in [0.5, 0.6) is 0 Å². The van der Waals surface area contributed by atoms with Crippen molar-refractivity contribution in [1.82, 2.24) is 4.90 Å². The number of rotatable bonds is 5. The molecule has 0 atom stereocenters. The number of nitrogens with zero attached hydrogens (tertiary/aromatic N) is 1. The van der Waals surface area contributed by atoms with Crippen molar-refractivity contribution in [1.29, 1.82) is 0 Å². The van der Waals surface area contributed by atoms with Crippen LogP contribution in [-0.2, 0) is 0 Å². The molecule has 1 aliphatic rings. The third-order valence-electron chi connectivity index (χ3n) is 2.83. The standard InChI is InChI=1S/C10H19Cl2N/c11-6-8-13(9-7-12)10-4-2-1-3-5-10/h10H,1-9H2. The van der Waals surface area contributed by atoms with Gasteiger partial charge >= 0.3 is 0 Å². The van der Waals surface area contributed by atoms with Gasteiger partial charge in [-0.3, -0.25) is 4.90 Å². The van der Waals surface area contributed by atoms with Gasteiger partial charge < -0.3 is 0 Å². The molecule has 0 saturated heterocycles. The molecule has 1 rings (SSSR count). The molecule has 0 aromatic heterocycles. The molecule has 13 heavy (non-hydrogen) atoms. The first-order chi connectivity index (χ1) is 6.38. The van der Waals surface area contributed by atoms with Crippen LogP contribution in [0.2, 0.25) is 0 Å². The van der Waals surface area contributed by atoms with E-state index in [1.54, 1.807) is 0 Å². The van der Waals surface area contributed by atoms with E-state index in [0.717, 1.165) is 30.9 Å². The van der Waals surface area contributed by atoms with E-state index in [4.69, 9.17) is 23.2 Å². The monoisotopic (exact) mass is 223 g/mol. The van der Waals surface area contributed by atoms with Crippen LogP contribution < -0.4 is 0 Å². The zero-order chi connectivity index (χ0) is 9.52. The molecule has 0 aliphatic heterocycles. The molecular formula is C10H19Cl2N. The van der Waals surface area contributed by atoms with E-state index in [2.05, 4.69) is 4.90 Å². The molecule has 0 aromatic rings. The molecule has 1 aliphatic carbocycles. The van der Waals surface area contributed by atoms with Crippen LogP contribution in [0.3, 0.4) is 0 Å². The summed E-state index contributed by atoms with van der Waals surface area (Å²) in [6.45, 7) is 2.00. The van der Waals surface area contributed by atoms with E-state index in [-0.39, 0.29) is 0 Å². The Hall–Kier alpha value is 0.540. The minimum Gasteiger partial charge on any atom is -0.298 e. The van der Waals surface area contributed by atoms with Crippen molar-refractivity contribution in [3.05, 3.63) is 0 Å². The van der Waals surface area contributed by atoms with Crippen molar-refractivity contribution in [3.8, 4) is 0 Å². The fourth-order valence-electron chi connectivity index (χ4n) is 2.14. The third-order valence-corrected chi connectivity index (χ3v) is 3.17. The minimum absolute atomic E-state index is 0.730. The summed E-state index contributed by atoms with van der Waals surface area (Å²) in [6, 6.07) is 0.756. The van der Waals surface area contributed by atoms with Gasteiger partial charge in [-0.1, -0.05) is 19.3 Å². The lowest BCUT2D eigenvalue weighted by molar-refractivity contribution is 0.174. The van der Waals surface area contributed by atoms with Crippen LogP contribution in [-0.4, -0.2) is 35.8 Å². The summed E-state index contributed by atoms with van der Waals surface area (Å²) in [5, 5.41) is 0. The topological polar surface area (TPSA) is 3.24 Å². The molecule has 0 unspecified atom stereocenters. The van der Waals surface area contributed by atoms with Gasteiger partial charge in [0, 0.05) is 30.9 Å². The van der Waals surface area contributed by atoms with Crippen molar-refractivity contribution in [2.75, 3.05) is 24.8 Å². The normalized spacial score (nSPS) is 19.6. The maximum absolute atomic E-state index is 5.77. The van der Waals surface area contributed by atoms with Crippen LogP contribution in [0.4, 0.5) is 0 Å². The Kier molecular flexibility index (Phi) is 6.18. The average Bonchev–Trinajstić information content (AvgIpc) is 2.19. The van der Waals surface area contributed by atoms with Gasteiger partial charge in [0.25, 0.3) is 0 Å². The van der Waals surface area contributed by atoms with E-state index in [1.165, 1.54) is 32.1 Å². The molecule has 0 bridgehead atoms. The summed E-state index contributed by atoms with van der Waals surface area (Å²) in [5.74, 6) is 1.46. The predicted octanol–water partition coefficient (Wildman–Crippen LogP) is 3.10. The van der Waals surface area contributed by atoms with Crippen LogP contribution in [0.1, 0.15) is 32.1 Å². The van der Waals surface area contributed by atoms with Gasteiger partial charge in [-0.15, -0.1) is 23.2 Å². The summed E-state index contributed by atoms with van der Waals surface area (Å²) in [5.41, 5.74) is 0. The van der Waals surface area contributed by atoms with Gasteiger partial charge in [0.05, 0.1) is 0 Å². The fraction of sp³-hybridized carbons (Fsp3) is 1.00. The molecule has 0 radical (unpaired) electrons. The van der Waals surface area contributed by atoms with E-state index >= 15 is 0 Å². The molecular weight excluding hydrogens is 205 g/mol. The minimum atomic E-state index is 0.730. The SMILES string of the molecule is ClCCN(CCCl)C1CCCCC1. The zero-order valence-corrected chi connectivity index (χ0v) is 9.66. The Morgan fingerprint density at radius 1 is 0.923 bits per heavy atom. The van der Waals surface area contributed by atoms with E-state index in [1.807, 2.05) is 0 Å². The fourth-order valence-corrected chi connectivity index (χ4v) is 2.57. The summed E-state index contributed by atoms with van der Waals surface area (Å²) in [4.78, 5) is 2.46. The highest BCUT2D eigenvalue weighted by Crippen LogP contribution is 2.22. The largest absolute Gasteiger partial charge is 0.298 e. The Balaban J connectivity index is 2.32. The first-order valence-electron chi connectivity index (χ1n) is 5.24. The highest BCUT2D eigenvalue weighted by atomic mass is 35.5. The van der Waals surface area contributed by atoms with Gasteiger partial charge in [-0.2, -0.15) is 0 Å². The highest BCUT2D eigenvalue weighted by molar-refractivity contribution is 6.18. The molecule has 1 nitrogen and oxygen atoms in total. The first-order valence-corrected chi connectivity index (χ1v) is 6.31. The zero-order valence-electron chi connectivity index (χ0n) is 8.14. The van der Waals surface area contributed by atoms with E-state index < -0.39 is 0 Å². The Morgan fingerprint density at radius 3 is 1.92 bits per heavy atom. The number of hydrogen-bond acceptors (Lipinski definition) is 1. The Bertz CT molecular complexity index is 118. The van der Waals surface area contributed by atoms with Crippen molar-refractivity contribution >= 4 is 23.2 Å². The van der Waals surface area contributed by atoms with E-state index in [0.29, 0.717) is 0 Å². The molecule has 0 aromatic carbocycles. The predicted molar refractivity (Wildman–Crippen MR) is 59.9 cm³/mol. The summed E-state index contributed by atoms with van der Waals surface area (Å²) < 4.78 is 0. The summed E-state index contributed by atoms with van der Waals surface area (Å²) >= 11 is 11.5. The molecule has 1 fully saturated rings. The lowest BCUT2D eigenvalue weighted by Gasteiger charge is -2.33. The van der Waals surface area contributed by atoms with Gasteiger partial charge in [-0.25, -0.2) is 0 Å². The van der Waals surface area contributed by atoms with Crippen molar-refractivity contribution in [3.63, 3.8) is 0 Å². The van der Waals surface area contributed by atoms with Gasteiger partial charge in [0.2, 0.25) is 0 Å². The smallest absolute Gasteiger partial charge is 0.0351 e. The average molecular weight is 224 g/mol. The molecule has 1 saturated carbocycles. The van der Waals surface area contributed by atoms with Crippen molar-refractivity contribution in [2.45, 2.75) is 38.1 Å². The maximum Gasteiger partial charge on any atom is 0.0351 e. The molecule has 3 heteroatoms. The molecule has 0 heterocycles. The molecule has 0 N–H and O–H groups in total. The highest BCUT2D eigenvalue weighted by Gasteiger charge is 2.19. The van der Waals surface area contributed by atoms with Crippen LogP contribution in [0, 0.1) is 0 Å². The first kappa shape index (κ1) is 11.6. The lowest BCUT2D eigenvalue weighted by atomic mass is 9.94. The van der Waals surface area contributed by atoms with Gasteiger partial charge in [-0.05, 0) is 12.8 Å². The molecule has 0 spiro atoms. The maximum atomic E-state index is 5.77. The number of alkyl halides is 2. The second-order valence-corrected chi connectivity index (χ2v) is 4.46. The lowest BCUT2D eigenvalue weighted by Crippen LogP contribution is -2.39. The van der Waals surface area contributed by atoms with Gasteiger partial charge in [0.1, 0.15) is 0 Å². The third kappa shape index (κ3) is 4.05. The quantitative estimate of drug-likeness (QED) is 0.648. The van der Waals surface area contributed by atoms with Crippen LogP contribution in [0.15, 0.2) is 0 Å². The number of hydrogen-bond donors (Lipinski definition) is 0. The Labute approximate surface area is 91.4 Å². The van der Waals surface area contributed by atoms with Crippen LogP contribution in [0.25, 0.3) is 0 Å². The summed E-state index contributed by atoms with van der Waals surface area (Å²) in [6.07, 6.45) is 6.85. The van der Waals surface area contributed by atoms with Crippen molar-refractivity contribution in [2.24, 2.45) is 0 Å². The number of halogens is 2. The van der Waals surface area contributed by atoms with E-state index in [9.17, 15) is 0 Å². The molecule has 0 amide bonds. The summed E-state index contributed by atoms with van der Waals surface area (Å²) in [7, 11) is 0. The van der Waals surface area contributed by atoms with Crippen LogP contribution >= 0.6 is 23.2 Å². The van der Waals surface area contributed by atoms with Gasteiger partial charge in [0.15, 0.2) is 0 Å². The second kappa shape index (κ2) is 6.92. The Morgan fingerprint density at radius 2 is 1.46 bits per heavy atom.